The Morgan fingerprint density at radius 1 is 0.250 bits per heavy atom. The Morgan fingerprint density at radius 2 is 0.420 bits per heavy atom. The molecule has 1 saturated carbocycles. The zero-order valence-corrected chi connectivity index (χ0v) is 71.2. The number of Topliss-reactive ketones (excluding diaryl/α,β-unsaturated/α-hetero) is 2. The lowest BCUT2D eigenvalue weighted by atomic mass is 9.65. The molecule has 0 heterocycles. The number of carbonyl (C=O) groups is 2. The topological polar surface area (TPSA) is 122 Å². The van der Waals surface area contributed by atoms with Crippen molar-refractivity contribution in [3.05, 3.63) is 177 Å². The van der Waals surface area contributed by atoms with E-state index in [1.807, 2.05) is 36.4 Å². The molecule has 0 spiro atoms. The number of ketones is 2. The van der Waals surface area contributed by atoms with E-state index in [1.165, 1.54) is 292 Å². The first kappa shape index (κ1) is 91.6. The van der Waals surface area contributed by atoms with Gasteiger partial charge in [-0.05, 0) is 168 Å². The number of phenolic OH excluding ortho intramolecular Hbond substituents is 4. The fraction of sp³-hybridized carbons (Fsp3) is 0.558. The van der Waals surface area contributed by atoms with Crippen LogP contribution >= 0.6 is 0 Å². The van der Waals surface area contributed by atoms with Crippen molar-refractivity contribution < 1.29 is 30.0 Å². The number of unbranched alkanes of at least 4 members (excludes halogenated alkanes) is 24. The summed E-state index contributed by atoms with van der Waals surface area (Å²) in [6, 6.07) is 40.7. The SMILES string of the molecule is CCCCCCC(CCCCCC)CN(CC(CCCCCC)CCCCCC)c1ccc(/C=C/c2ccc(/C=C/c3cc(O)c(C4C(=O)C(c5c(O)cc(/C=C/c6ccc(/C=C/c7ccc(N(CC(CCCCCC)CCCCCC)CC(CCCCCC)CCCCCC)cc7)cc6)cc5O)C4=O)c(O)c3)cc2)cc1. The highest BCUT2D eigenvalue weighted by molar-refractivity contribution is 6.32. The number of rotatable bonds is 60. The number of benzene rings is 6. The van der Waals surface area contributed by atoms with Gasteiger partial charge in [-0.2, -0.15) is 0 Å². The van der Waals surface area contributed by atoms with Crippen molar-refractivity contribution in [3.63, 3.8) is 0 Å². The molecule has 1 aliphatic rings. The van der Waals surface area contributed by atoms with Crippen molar-refractivity contribution in [2.45, 2.75) is 324 Å². The summed E-state index contributed by atoms with van der Waals surface area (Å²) in [7, 11) is 0. The third-order valence-electron chi connectivity index (χ3n) is 23.9. The van der Waals surface area contributed by atoms with Crippen LogP contribution in [0.15, 0.2) is 121 Å². The molecule has 0 unspecified atom stereocenters. The smallest absolute Gasteiger partial charge is 0.163 e. The van der Waals surface area contributed by atoms with Gasteiger partial charge in [0, 0.05) is 37.6 Å². The predicted molar refractivity (Wildman–Crippen MR) is 485 cm³/mol. The molecule has 8 nitrogen and oxygen atoms in total. The maximum atomic E-state index is 13.9. The fourth-order valence-corrected chi connectivity index (χ4v) is 17.0. The Hall–Kier alpha value is -7.58. The van der Waals surface area contributed by atoms with Gasteiger partial charge in [0.05, 0.1) is 11.1 Å². The van der Waals surface area contributed by atoms with E-state index in [9.17, 15) is 30.0 Å². The first-order valence-electron chi connectivity index (χ1n) is 45.5. The van der Waals surface area contributed by atoms with E-state index in [-0.39, 0.29) is 11.1 Å². The second-order valence-corrected chi connectivity index (χ2v) is 33.5. The molecule has 0 amide bonds. The molecular weight excluding hydrogens is 1370 g/mol. The minimum absolute atomic E-state index is 0.188. The molecule has 112 heavy (non-hydrogen) atoms. The van der Waals surface area contributed by atoms with Crippen molar-refractivity contribution in [1.29, 1.82) is 0 Å². The average Bonchev–Trinajstić information content (AvgIpc) is 0.729. The molecule has 1 fully saturated rings. The summed E-state index contributed by atoms with van der Waals surface area (Å²) in [5, 5.41) is 45.3. The molecule has 0 radical (unpaired) electrons. The largest absolute Gasteiger partial charge is 0.507 e. The molecule has 8 heteroatoms. The first-order chi connectivity index (χ1) is 54.7. The third kappa shape index (κ3) is 32.4. The van der Waals surface area contributed by atoms with E-state index in [0.717, 1.165) is 59.6 Å². The average molecular weight is 1520 g/mol. The van der Waals surface area contributed by atoms with Crippen LogP contribution in [-0.4, -0.2) is 58.2 Å². The van der Waals surface area contributed by atoms with Gasteiger partial charge >= 0.3 is 0 Å². The van der Waals surface area contributed by atoms with Crippen LogP contribution in [0.4, 0.5) is 11.4 Å². The van der Waals surface area contributed by atoms with Gasteiger partial charge in [-0.3, -0.25) is 9.59 Å². The lowest BCUT2D eigenvalue weighted by Gasteiger charge is -2.33. The summed E-state index contributed by atoms with van der Waals surface area (Å²) in [6.45, 7) is 23.1. The Kier molecular flexibility index (Phi) is 43.7. The molecule has 6 aromatic carbocycles. The number of carbonyl (C=O) groups excluding carboxylic acids is 2. The maximum Gasteiger partial charge on any atom is 0.163 e. The van der Waals surface area contributed by atoms with Gasteiger partial charge < -0.3 is 30.2 Å². The summed E-state index contributed by atoms with van der Waals surface area (Å²) >= 11 is 0. The lowest BCUT2D eigenvalue weighted by molar-refractivity contribution is -0.142. The Bertz CT molecular complexity index is 3280. The van der Waals surface area contributed by atoms with Crippen LogP contribution in [0.5, 0.6) is 23.0 Å². The highest BCUT2D eigenvalue weighted by atomic mass is 16.3. The molecule has 0 bridgehead atoms. The number of phenols is 4. The number of anilines is 2. The van der Waals surface area contributed by atoms with Gasteiger partial charge in [0.15, 0.2) is 11.6 Å². The summed E-state index contributed by atoms with van der Waals surface area (Å²) < 4.78 is 0. The van der Waals surface area contributed by atoms with Gasteiger partial charge in [0.1, 0.15) is 34.8 Å². The molecule has 0 aliphatic heterocycles. The van der Waals surface area contributed by atoms with Gasteiger partial charge in [0.2, 0.25) is 0 Å². The minimum atomic E-state index is -1.46. The van der Waals surface area contributed by atoms with E-state index in [4.69, 9.17) is 0 Å². The number of aromatic hydroxyl groups is 4. The van der Waals surface area contributed by atoms with Crippen LogP contribution in [-0.2, 0) is 9.59 Å². The van der Waals surface area contributed by atoms with Crippen molar-refractivity contribution in [2.75, 3.05) is 36.0 Å². The van der Waals surface area contributed by atoms with E-state index >= 15 is 0 Å². The first-order valence-corrected chi connectivity index (χ1v) is 45.5. The third-order valence-corrected chi connectivity index (χ3v) is 23.9. The number of nitrogens with zero attached hydrogens (tertiary/aromatic N) is 2. The van der Waals surface area contributed by atoms with Gasteiger partial charge in [-0.1, -0.05) is 382 Å². The monoisotopic (exact) mass is 1520 g/mol. The van der Waals surface area contributed by atoms with E-state index in [1.54, 1.807) is 12.2 Å². The Balaban J connectivity index is 0.952. The second-order valence-electron chi connectivity index (χ2n) is 33.5. The van der Waals surface area contributed by atoms with E-state index in [0.29, 0.717) is 34.8 Å². The fourth-order valence-electron chi connectivity index (χ4n) is 17.0. The highest BCUT2D eigenvalue weighted by Crippen LogP contribution is 2.51. The molecular formula is C104H150N2O6. The second kappa shape index (κ2) is 53.5. The summed E-state index contributed by atoms with van der Waals surface area (Å²) in [5.74, 6) is -2.90. The van der Waals surface area contributed by atoms with Crippen LogP contribution in [0.25, 0.3) is 48.6 Å². The zero-order chi connectivity index (χ0) is 79.9. The minimum Gasteiger partial charge on any atom is -0.507 e. The number of hydrogen-bond donors (Lipinski definition) is 4. The standard InChI is InChI=1S/C104H150N2O6/c1-9-17-25-33-41-87(42-34-26-18-10-2)77-105(78-88(43-35-27-19-11-3)44-36-28-20-12-4)93-69-65-85(66-70-93)59-57-81-49-53-83(54-50-81)61-63-91-73-95(107)99(96(108)74-91)101-103(111)102(104(101)112)100-97(109)75-92(76-98(100)110)64-62-84-55-51-82(52-56-84)58-60-86-67-71-94(72-68-86)106(79-89(45-37-29-21-13-5)46-38-30-22-14-6)80-90(47-39-31-23-15-7)48-40-32-24-16-8/h49-76,87-90,101-102,107-110H,9-48,77-80H2,1-8H3/b59-57+,60-58+,63-61+,64-62+. The summed E-state index contributed by atoms with van der Waals surface area (Å²) in [6.07, 6.45) is 68.9. The molecule has 612 valence electrons. The molecule has 1 aliphatic carbocycles. The van der Waals surface area contributed by atoms with Gasteiger partial charge in [0.25, 0.3) is 0 Å². The van der Waals surface area contributed by atoms with Crippen LogP contribution in [0, 0.1) is 23.7 Å². The lowest BCUT2D eigenvalue weighted by Crippen LogP contribution is -2.44. The molecule has 7 rings (SSSR count). The van der Waals surface area contributed by atoms with Crippen LogP contribution in [0.2, 0.25) is 0 Å². The van der Waals surface area contributed by atoms with Crippen molar-refractivity contribution in [1.82, 2.24) is 0 Å². The molecule has 0 saturated heterocycles. The van der Waals surface area contributed by atoms with E-state index < -0.39 is 46.4 Å². The summed E-state index contributed by atoms with van der Waals surface area (Å²) in [4.78, 5) is 33.4. The highest BCUT2D eigenvalue weighted by Gasteiger charge is 2.54. The zero-order valence-electron chi connectivity index (χ0n) is 71.2. The van der Waals surface area contributed by atoms with Crippen molar-refractivity contribution >= 4 is 71.5 Å². The van der Waals surface area contributed by atoms with Crippen molar-refractivity contribution in [3.8, 4) is 23.0 Å². The molecule has 0 aromatic heterocycles. The van der Waals surface area contributed by atoms with Gasteiger partial charge in [-0.25, -0.2) is 0 Å². The molecule has 6 aromatic rings. The molecule has 0 atom stereocenters. The van der Waals surface area contributed by atoms with Crippen molar-refractivity contribution in [2.24, 2.45) is 23.7 Å². The Morgan fingerprint density at radius 3 is 0.598 bits per heavy atom. The predicted octanol–water partition coefficient (Wildman–Crippen LogP) is 30.1. The maximum absolute atomic E-state index is 13.9. The van der Waals surface area contributed by atoms with Crippen LogP contribution in [0.3, 0.4) is 0 Å². The summed E-state index contributed by atoms with van der Waals surface area (Å²) in [5.41, 5.74) is 9.56. The van der Waals surface area contributed by atoms with Crippen LogP contribution < -0.4 is 9.80 Å². The quantitative estimate of drug-likeness (QED) is 0.0169. The van der Waals surface area contributed by atoms with E-state index in [2.05, 4.69) is 162 Å². The normalized spacial score (nSPS) is 14.0. The molecule has 4 N–H and O–H groups in total. The van der Waals surface area contributed by atoms with Crippen LogP contribution in [0.1, 0.15) is 380 Å². The number of hydrogen-bond acceptors (Lipinski definition) is 8. The van der Waals surface area contributed by atoms with Gasteiger partial charge in [-0.15, -0.1) is 0 Å². The Labute approximate surface area is 681 Å².